The van der Waals surface area contributed by atoms with E-state index in [4.69, 9.17) is 18.7 Å². The molecule has 1 N–H and O–H groups in total. The smallest absolute Gasteiger partial charge is 0.306 e. The first-order valence-corrected chi connectivity index (χ1v) is 13.9. The van der Waals surface area contributed by atoms with Crippen molar-refractivity contribution in [1.29, 1.82) is 0 Å². The summed E-state index contributed by atoms with van der Waals surface area (Å²) in [6, 6.07) is 14.5. The lowest BCUT2D eigenvalue weighted by Gasteiger charge is -2.33. The molecular weight excluding hydrogens is 483 g/mol. The number of ketones is 1. The van der Waals surface area contributed by atoms with Gasteiger partial charge in [-0.25, -0.2) is 0 Å². The number of para-hydroxylation sites is 1. The maximum absolute atomic E-state index is 14.4. The third-order valence-corrected chi connectivity index (χ3v) is 8.42. The lowest BCUT2D eigenvalue weighted by Crippen LogP contribution is -2.43. The fourth-order valence-electron chi connectivity index (χ4n) is 4.20. The molecule has 3 rings (SSSR count). The highest BCUT2D eigenvalue weighted by molar-refractivity contribution is 7.67. The van der Waals surface area contributed by atoms with E-state index in [0.29, 0.717) is 11.1 Å². The van der Waals surface area contributed by atoms with E-state index in [1.807, 2.05) is 38.1 Å². The van der Waals surface area contributed by atoms with Gasteiger partial charge in [-0.3, -0.25) is 14.2 Å². The number of esters is 1. The van der Waals surface area contributed by atoms with E-state index in [2.05, 4.69) is 0 Å². The third-order valence-electron chi connectivity index (χ3n) is 5.88. The van der Waals surface area contributed by atoms with Crippen LogP contribution in [0.25, 0.3) is 11.1 Å². The van der Waals surface area contributed by atoms with E-state index >= 15 is 0 Å². The fraction of sp³-hybridized carbons (Fsp3) is 0.481. The van der Waals surface area contributed by atoms with Crippen molar-refractivity contribution < 1.29 is 38.0 Å². The Morgan fingerprint density at radius 3 is 2.36 bits per heavy atom. The monoisotopic (exact) mass is 518 g/mol. The van der Waals surface area contributed by atoms with Gasteiger partial charge in [0.05, 0.1) is 37.6 Å². The number of Topliss-reactive ketones (excluding diaryl/α,β-unsaturated/α-hetero) is 1. The van der Waals surface area contributed by atoms with Gasteiger partial charge in [-0.2, -0.15) is 0 Å². The van der Waals surface area contributed by atoms with Gasteiger partial charge in [-0.1, -0.05) is 36.4 Å². The Bertz CT molecular complexity index is 1110. The van der Waals surface area contributed by atoms with Crippen molar-refractivity contribution in [1.82, 2.24) is 0 Å². The Morgan fingerprint density at radius 2 is 1.67 bits per heavy atom. The van der Waals surface area contributed by atoms with Crippen LogP contribution >= 0.6 is 7.37 Å². The summed E-state index contributed by atoms with van der Waals surface area (Å²) in [6.45, 7) is 6.87. The summed E-state index contributed by atoms with van der Waals surface area (Å²) in [4.78, 5) is 26.3. The Labute approximate surface area is 212 Å². The van der Waals surface area contributed by atoms with Crippen molar-refractivity contribution in [2.45, 2.75) is 45.8 Å². The molecule has 8 nitrogen and oxygen atoms in total. The zero-order valence-electron chi connectivity index (χ0n) is 21.3. The lowest BCUT2D eigenvalue weighted by molar-refractivity contribution is -0.153. The summed E-state index contributed by atoms with van der Waals surface area (Å²) in [5.41, 5.74) is 0.276. The maximum Gasteiger partial charge on any atom is 0.306 e. The van der Waals surface area contributed by atoms with E-state index in [9.17, 15) is 19.3 Å². The van der Waals surface area contributed by atoms with Crippen molar-refractivity contribution in [2.75, 3.05) is 32.6 Å². The molecule has 2 unspecified atom stereocenters. The van der Waals surface area contributed by atoms with Crippen LogP contribution in [0.2, 0.25) is 0 Å². The zero-order chi connectivity index (χ0) is 26.3. The highest BCUT2D eigenvalue weighted by atomic mass is 31.2. The average Bonchev–Trinajstić information content (AvgIpc) is 2.84. The van der Waals surface area contributed by atoms with Crippen LogP contribution in [0.4, 0.5) is 0 Å². The first kappa shape index (κ1) is 28.1. The van der Waals surface area contributed by atoms with Crippen LogP contribution in [0.5, 0.6) is 5.75 Å². The molecule has 0 saturated carbocycles. The largest absolute Gasteiger partial charge is 0.463 e. The second-order valence-corrected chi connectivity index (χ2v) is 11.8. The Morgan fingerprint density at radius 1 is 1.00 bits per heavy atom. The quantitative estimate of drug-likeness (QED) is 0.241. The molecule has 2 aromatic carbocycles. The summed E-state index contributed by atoms with van der Waals surface area (Å²) in [5, 5.41) is 9.68. The highest BCUT2D eigenvalue weighted by Gasteiger charge is 2.44. The number of ether oxygens (including phenoxy) is 3. The van der Waals surface area contributed by atoms with Crippen LogP contribution in [0.1, 0.15) is 34.1 Å². The SMILES string of the molecule is CC(C)OCCOC(=O)CC(CP1(=O)Oc2ccccc2-c2ccccc21)C(=O)C(C)(C)OCCO. The van der Waals surface area contributed by atoms with Crippen molar-refractivity contribution in [3.8, 4) is 16.9 Å². The minimum absolute atomic E-state index is 0.000909. The number of hydrogen-bond acceptors (Lipinski definition) is 8. The molecule has 196 valence electrons. The van der Waals surface area contributed by atoms with Gasteiger partial charge in [0, 0.05) is 17.6 Å². The number of rotatable bonds is 13. The number of aliphatic hydroxyl groups excluding tert-OH is 1. The van der Waals surface area contributed by atoms with Gasteiger partial charge in [0.15, 0.2) is 5.78 Å². The number of benzene rings is 2. The van der Waals surface area contributed by atoms with Gasteiger partial charge in [0.1, 0.15) is 18.0 Å². The summed E-state index contributed by atoms with van der Waals surface area (Å²) in [7, 11) is -3.60. The van der Waals surface area contributed by atoms with Gasteiger partial charge < -0.3 is 23.8 Å². The normalized spacial score (nSPS) is 17.6. The van der Waals surface area contributed by atoms with E-state index in [1.165, 1.54) is 0 Å². The minimum atomic E-state index is -3.60. The predicted octanol–water partition coefficient (Wildman–Crippen LogP) is 3.98. The molecule has 0 fully saturated rings. The van der Waals surface area contributed by atoms with Crippen molar-refractivity contribution in [3.63, 3.8) is 0 Å². The van der Waals surface area contributed by atoms with Gasteiger partial charge in [-0.15, -0.1) is 0 Å². The van der Waals surface area contributed by atoms with Crippen LogP contribution in [0.3, 0.4) is 0 Å². The fourth-order valence-corrected chi connectivity index (χ4v) is 6.80. The third kappa shape index (κ3) is 6.83. The van der Waals surface area contributed by atoms with Gasteiger partial charge in [-0.05, 0) is 45.4 Å². The summed E-state index contributed by atoms with van der Waals surface area (Å²) < 4.78 is 36.7. The average molecular weight is 519 g/mol. The first-order chi connectivity index (χ1) is 17.1. The topological polar surface area (TPSA) is 108 Å². The summed E-state index contributed by atoms with van der Waals surface area (Å²) in [6.07, 6.45) is -0.483. The van der Waals surface area contributed by atoms with Crippen LogP contribution < -0.4 is 9.83 Å². The van der Waals surface area contributed by atoms with Crippen LogP contribution in [-0.2, 0) is 28.4 Å². The second-order valence-electron chi connectivity index (χ2n) is 9.45. The molecule has 0 aromatic heterocycles. The molecule has 0 bridgehead atoms. The number of aliphatic hydroxyl groups is 1. The molecule has 1 heterocycles. The second kappa shape index (κ2) is 12.2. The van der Waals surface area contributed by atoms with E-state index < -0.39 is 30.6 Å². The maximum atomic E-state index is 14.4. The van der Waals surface area contributed by atoms with Crippen molar-refractivity contribution in [2.24, 2.45) is 5.92 Å². The molecule has 36 heavy (non-hydrogen) atoms. The number of fused-ring (bicyclic) bond motifs is 3. The van der Waals surface area contributed by atoms with Crippen molar-refractivity contribution >= 4 is 24.4 Å². The van der Waals surface area contributed by atoms with Gasteiger partial charge >= 0.3 is 5.97 Å². The molecule has 0 spiro atoms. The Balaban J connectivity index is 1.88. The van der Waals surface area contributed by atoms with E-state index in [0.717, 1.165) is 11.1 Å². The Hall–Kier alpha value is -2.51. The van der Waals surface area contributed by atoms with E-state index in [-0.39, 0.29) is 45.1 Å². The van der Waals surface area contributed by atoms with Gasteiger partial charge in [0.2, 0.25) is 0 Å². The predicted molar refractivity (Wildman–Crippen MR) is 137 cm³/mol. The number of carbonyl (C=O) groups is 2. The van der Waals surface area contributed by atoms with Crippen LogP contribution in [-0.4, -0.2) is 61.2 Å². The standard InChI is InChI=1S/C27H35O8P/c1-19(2)32-15-16-33-25(29)17-20(26(30)27(3,4)34-14-13-28)18-36(31)24-12-8-6-10-22(24)21-9-5-7-11-23(21)35-36/h5-12,19-20,28H,13-18H2,1-4H3. The molecule has 9 heteroatoms. The van der Waals surface area contributed by atoms with Crippen LogP contribution in [0, 0.1) is 5.92 Å². The molecule has 2 aromatic rings. The summed E-state index contributed by atoms with van der Waals surface area (Å²) >= 11 is 0. The highest BCUT2D eigenvalue weighted by Crippen LogP contribution is 2.56. The summed E-state index contributed by atoms with van der Waals surface area (Å²) in [5.74, 6) is -1.55. The molecule has 1 aliphatic heterocycles. The molecule has 1 aliphatic rings. The molecule has 0 saturated heterocycles. The molecule has 0 aliphatic carbocycles. The number of hydrogen-bond donors (Lipinski definition) is 1. The molecule has 0 amide bonds. The zero-order valence-corrected chi connectivity index (χ0v) is 22.2. The lowest BCUT2D eigenvalue weighted by atomic mass is 9.90. The van der Waals surface area contributed by atoms with Gasteiger partial charge in [0.25, 0.3) is 7.37 Å². The first-order valence-electron chi connectivity index (χ1n) is 12.1. The minimum Gasteiger partial charge on any atom is -0.463 e. The van der Waals surface area contributed by atoms with E-state index in [1.54, 1.807) is 38.1 Å². The van der Waals surface area contributed by atoms with Crippen LogP contribution in [0.15, 0.2) is 48.5 Å². The molecule has 0 radical (unpaired) electrons. The van der Waals surface area contributed by atoms with Crippen molar-refractivity contribution in [3.05, 3.63) is 48.5 Å². The number of carbonyl (C=O) groups excluding carboxylic acids is 2. The molecule has 2 atom stereocenters. The Kier molecular flexibility index (Phi) is 9.47. The molecular formula is C27H35O8P.